The molecule has 1 aliphatic rings. The minimum Gasteiger partial charge on any atom is -0.328 e. The van der Waals surface area contributed by atoms with Crippen LogP contribution in [0, 0.1) is 6.92 Å². The van der Waals surface area contributed by atoms with Crippen LogP contribution in [0.1, 0.15) is 54.2 Å². The van der Waals surface area contributed by atoms with Crippen LogP contribution in [0.25, 0.3) is 0 Å². The molecule has 1 fully saturated rings. The predicted molar refractivity (Wildman–Crippen MR) is 76.6 cm³/mol. The molecular formula is C14H20N6O. The first-order chi connectivity index (χ1) is 10.2. The summed E-state index contributed by atoms with van der Waals surface area (Å²) in [6.45, 7) is 5.38. The molecule has 2 aromatic heterocycles. The Morgan fingerprint density at radius 1 is 1.48 bits per heavy atom. The van der Waals surface area contributed by atoms with Crippen LogP contribution in [0.2, 0.25) is 0 Å². The van der Waals surface area contributed by atoms with Crippen molar-refractivity contribution in [3.63, 3.8) is 0 Å². The highest BCUT2D eigenvalue weighted by Crippen LogP contribution is 2.30. The van der Waals surface area contributed by atoms with Gasteiger partial charge in [-0.15, -0.1) is 0 Å². The molecule has 0 bridgehead atoms. The van der Waals surface area contributed by atoms with Crippen molar-refractivity contribution in [3.05, 3.63) is 29.6 Å². The summed E-state index contributed by atoms with van der Waals surface area (Å²) >= 11 is 0. The summed E-state index contributed by atoms with van der Waals surface area (Å²) in [6, 6.07) is -0.0406. The highest BCUT2D eigenvalue weighted by Gasteiger charge is 2.31. The molecule has 0 saturated carbocycles. The van der Waals surface area contributed by atoms with Crippen LogP contribution in [-0.4, -0.2) is 42.3 Å². The number of aromatic amines is 1. The van der Waals surface area contributed by atoms with E-state index in [2.05, 4.69) is 20.3 Å². The maximum absolute atomic E-state index is 12.7. The third-order valence-electron chi connectivity index (χ3n) is 3.88. The summed E-state index contributed by atoms with van der Waals surface area (Å²) in [5.74, 6) is 1.51. The summed E-state index contributed by atoms with van der Waals surface area (Å²) in [7, 11) is 0. The third-order valence-corrected chi connectivity index (χ3v) is 3.88. The molecule has 2 aromatic rings. The van der Waals surface area contributed by atoms with E-state index in [1.54, 1.807) is 17.1 Å². The molecule has 112 valence electrons. The Hall–Kier alpha value is -2.18. The van der Waals surface area contributed by atoms with Crippen LogP contribution in [-0.2, 0) is 6.54 Å². The second-order valence-electron chi connectivity index (χ2n) is 5.37. The third kappa shape index (κ3) is 2.68. The van der Waals surface area contributed by atoms with E-state index in [-0.39, 0.29) is 11.9 Å². The number of rotatable bonds is 3. The first kappa shape index (κ1) is 13.8. The number of amides is 1. The van der Waals surface area contributed by atoms with Gasteiger partial charge in [-0.05, 0) is 33.1 Å². The standard InChI is InChI=1S/C14H20N6O/c1-3-19-9-11(8-15-19)14(21)20-7-5-4-6-12(20)13-16-10(2)17-18-13/h8-9,12H,3-7H2,1-2H3,(H,16,17,18)/t12-/m1/s1. The first-order valence-corrected chi connectivity index (χ1v) is 7.41. The Morgan fingerprint density at radius 2 is 2.33 bits per heavy atom. The molecule has 1 aliphatic heterocycles. The molecule has 7 heteroatoms. The fourth-order valence-corrected chi connectivity index (χ4v) is 2.76. The zero-order valence-electron chi connectivity index (χ0n) is 12.4. The Kier molecular flexibility index (Phi) is 3.72. The zero-order chi connectivity index (χ0) is 14.8. The molecule has 3 heterocycles. The normalized spacial score (nSPS) is 19.0. The summed E-state index contributed by atoms with van der Waals surface area (Å²) in [5.41, 5.74) is 0.635. The molecule has 0 aromatic carbocycles. The lowest BCUT2D eigenvalue weighted by molar-refractivity contribution is 0.0600. The molecule has 3 rings (SSSR count). The second kappa shape index (κ2) is 5.67. The number of aryl methyl sites for hydroxylation is 2. The van der Waals surface area contributed by atoms with Crippen LogP contribution in [0.4, 0.5) is 0 Å². The van der Waals surface area contributed by atoms with Gasteiger partial charge in [-0.1, -0.05) is 0 Å². The molecule has 1 N–H and O–H groups in total. The highest BCUT2D eigenvalue weighted by atomic mass is 16.2. The lowest BCUT2D eigenvalue weighted by Crippen LogP contribution is -2.38. The van der Waals surface area contributed by atoms with Gasteiger partial charge in [0.15, 0.2) is 5.82 Å². The molecule has 0 unspecified atom stereocenters. The summed E-state index contributed by atoms with van der Waals surface area (Å²) < 4.78 is 1.77. The zero-order valence-corrected chi connectivity index (χ0v) is 12.4. The molecule has 21 heavy (non-hydrogen) atoms. The van der Waals surface area contributed by atoms with E-state index in [9.17, 15) is 4.79 Å². The monoisotopic (exact) mass is 288 g/mol. The Morgan fingerprint density at radius 3 is 3.00 bits per heavy atom. The van der Waals surface area contributed by atoms with Gasteiger partial charge in [0.05, 0.1) is 17.8 Å². The van der Waals surface area contributed by atoms with Gasteiger partial charge < -0.3 is 4.90 Å². The molecular weight excluding hydrogens is 268 g/mol. The summed E-state index contributed by atoms with van der Waals surface area (Å²) in [5, 5.41) is 11.3. The maximum Gasteiger partial charge on any atom is 0.257 e. The lowest BCUT2D eigenvalue weighted by Gasteiger charge is -2.33. The molecule has 0 aliphatic carbocycles. The van der Waals surface area contributed by atoms with Gasteiger partial charge in [0.1, 0.15) is 5.82 Å². The van der Waals surface area contributed by atoms with Crippen LogP contribution in [0.5, 0.6) is 0 Å². The number of piperidine rings is 1. The van der Waals surface area contributed by atoms with Crippen molar-refractivity contribution in [2.24, 2.45) is 0 Å². The molecule has 1 saturated heterocycles. The Bertz CT molecular complexity index is 631. The average molecular weight is 288 g/mol. The van der Waals surface area contributed by atoms with Crippen LogP contribution >= 0.6 is 0 Å². The van der Waals surface area contributed by atoms with E-state index in [0.717, 1.165) is 38.2 Å². The quantitative estimate of drug-likeness (QED) is 0.932. The first-order valence-electron chi connectivity index (χ1n) is 7.41. The number of hydrogen-bond acceptors (Lipinski definition) is 4. The van der Waals surface area contributed by atoms with Crippen LogP contribution in [0.15, 0.2) is 12.4 Å². The molecule has 0 spiro atoms. The van der Waals surface area contributed by atoms with Gasteiger partial charge >= 0.3 is 0 Å². The minimum absolute atomic E-state index is 0.0156. The average Bonchev–Trinajstić information content (AvgIpc) is 3.15. The number of hydrogen-bond donors (Lipinski definition) is 1. The van der Waals surface area contributed by atoms with E-state index >= 15 is 0 Å². The van der Waals surface area contributed by atoms with Gasteiger partial charge in [-0.3, -0.25) is 14.6 Å². The number of nitrogens with one attached hydrogen (secondary N) is 1. The van der Waals surface area contributed by atoms with Crippen molar-refractivity contribution < 1.29 is 4.79 Å². The molecule has 1 atom stereocenters. The number of carbonyl (C=O) groups is 1. The summed E-state index contributed by atoms with van der Waals surface area (Å²) in [6.07, 6.45) is 6.46. The highest BCUT2D eigenvalue weighted by molar-refractivity contribution is 5.94. The van der Waals surface area contributed by atoms with Gasteiger partial charge in [0.25, 0.3) is 5.91 Å². The predicted octanol–water partition coefficient (Wildman–Crippen LogP) is 1.70. The van der Waals surface area contributed by atoms with E-state index in [1.165, 1.54) is 0 Å². The van der Waals surface area contributed by atoms with Crippen molar-refractivity contribution in [2.75, 3.05) is 6.54 Å². The van der Waals surface area contributed by atoms with Crippen molar-refractivity contribution in [3.8, 4) is 0 Å². The van der Waals surface area contributed by atoms with Crippen molar-refractivity contribution in [1.82, 2.24) is 29.9 Å². The smallest absolute Gasteiger partial charge is 0.257 e. The van der Waals surface area contributed by atoms with Gasteiger partial charge in [0.2, 0.25) is 0 Å². The second-order valence-corrected chi connectivity index (χ2v) is 5.37. The van der Waals surface area contributed by atoms with E-state index in [4.69, 9.17) is 0 Å². The molecule has 0 radical (unpaired) electrons. The Balaban J connectivity index is 1.85. The molecule has 7 nitrogen and oxygen atoms in total. The summed E-state index contributed by atoms with van der Waals surface area (Å²) in [4.78, 5) is 19.0. The van der Waals surface area contributed by atoms with Crippen molar-refractivity contribution in [1.29, 1.82) is 0 Å². The number of H-pyrrole nitrogens is 1. The maximum atomic E-state index is 12.7. The van der Waals surface area contributed by atoms with E-state index in [1.807, 2.05) is 18.7 Å². The van der Waals surface area contributed by atoms with Gasteiger partial charge in [-0.25, -0.2) is 4.98 Å². The number of carbonyl (C=O) groups excluding carboxylic acids is 1. The fourth-order valence-electron chi connectivity index (χ4n) is 2.76. The van der Waals surface area contributed by atoms with Gasteiger partial charge in [-0.2, -0.15) is 10.2 Å². The number of nitrogens with zero attached hydrogens (tertiary/aromatic N) is 5. The van der Waals surface area contributed by atoms with E-state index < -0.39 is 0 Å². The van der Waals surface area contributed by atoms with Crippen LogP contribution < -0.4 is 0 Å². The topological polar surface area (TPSA) is 79.7 Å². The minimum atomic E-state index is -0.0406. The lowest BCUT2D eigenvalue weighted by atomic mass is 10.0. The van der Waals surface area contributed by atoms with Gasteiger partial charge in [0, 0.05) is 19.3 Å². The van der Waals surface area contributed by atoms with Crippen molar-refractivity contribution in [2.45, 2.75) is 45.7 Å². The Labute approximate surface area is 123 Å². The van der Waals surface area contributed by atoms with E-state index in [0.29, 0.717) is 11.4 Å². The molecule has 1 amide bonds. The largest absolute Gasteiger partial charge is 0.328 e. The SMILES string of the molecule is CCn1cc(C(=O)N2CCCC[C@@H]2c2n[nH]c(C)n2)cn1. The van der Waals surface area contributed by atoms with Crippen molar-refractivity contribution >= 4 is 5.91 Å². The number of likely N-dealkylation sites (tertiary alicyclic amines) is 1. The van der Waals surface area contributed by atoms with Crippen LogP contribution in [0.3, 0.4) is 0 Å². The fraction of sp³-hybridized carbons (Fsp3) is 0.571. The number of aromatic nitrogens is 5.